The van der Waals surface area contributed by atoms with Gasteiger partial charge in [-0.1, -0.05) is 0 Å². The number of nitrogen functional groups attached to an aromatic ring is 1. The largest absolute Gasteiger partial charge is 0.497 e. The molecule has 0 radical (unpaired) electrons. The summed E-state index contributed by atoms with van der Waals surface area (Å²) in [5.74, 6) is 0.454. The summed E-state index contributed by atoms with van der Waals surface area (Å²) in [6, 6.07) is 5.56. The van der Waals surface area contributed by atoms with E-state index in [1.165, 1.54) is 13.4 Å². The highest BCUT2D eigenvalue weighted by molar-refractivity contribution is 5.92. The summed E-state index contributed by atoms with van der Waals surface area (Å²) in [5.41, 5.74) is 7.82. The van der Waals surface area contributed by atoms with E-state index < -0.39 is 5.97 Å². The quantitative estimate of drug-likeness (QED) is 0.848. The van der Waals surface area contributed by atoms with Gasteiger partial charge in [0.05, 0.1) is 19.9 Å². The van der Waals surface area contributed by atoms with E-state index in [4.69, 9.17) is 10.5 Å². The van der Waals surface area contributed by atoms with Gasteiger partial charge < -0.3 is 15.2 Å². The van der Waals surface area contributed by atoms with E-state index in [1.54, 1.807) is 11.7 Å². The predicted molar refractivity (Wildman–Crippen MR) is 70.6 cm³/mol. The van der Waals surface area contributed by atoms with Gasteiger partial charge in [-0.15, -0.1) is 0 Å². The molecule has 0 saturated carbocycles. The van der Waals surface area contributed by atoms with Gasteiger partial charge in [0.1, 0.15) is 17.9 Å². The van der Waals surface area contributed by atoms with Gasteiger partial charge in [0.2, 0.25) is 0 Å². The molecule has 0 bridgehead atoms. The number of benzene rings is 1. The topological polar surface area (TPSA) is 79.4 Å². The van der Waals surface area contributed by atoms with E-state index in [0.717, 1.165) is 17.0 Å². The van der Waals surface area contributed by atoms with Crippen LogP contribution in [-0.2, 0) is 4.74 Å². The van der Waals surface area contributed by atoms with Crippen LogP contribution in [0.2, 0.25) is 0 Å². The molecule has 0 spiro atoms. The number of methoxy groups -OCH3 is 2. The molecule has 2 rings (SSSR count). The minimum atomic E-state index is -0.553. The molecule has 1 aromatic carbocycles. The standard InChI is InChI=1S/C13H15N3O3/c1-8-6-9(18-2)4-5-10(8)16-7-15-11(12(16)14)13(17)19-3/h4-7H,14H2,1-3H3. The van der Waals surface area contributed by atoms with E-state index in [0.29, 0.717) is 0 Å². The maximum absolute atomic E-state index is 11.5. The lowest BCUT2D eigenvalue weighted by molar-refractivity contribution is 0.0596. The van der Waals surface area contributed by atoms with Crippen LogP contribution in [0.3, 0.4) is 0 Å². The first-order valence-corrected chi connectivity index (χ1v) is 5.64. The fourth-order valence-electron chi connectivity index (χ4n) is 1.83. The fourth-order valence-corrected chi connectivity index (χ4v) is 1.83. The van der Waals surface area contributed by atoms with Crippen LogP contribution < -0.4 is 10.5 Å². The number of hydrogen-bond donors (Lipinski definition) is 1. The summed E-state index contributed by atoms with van der Waals surface area (Å²) < 4.78 is 11.4. The van der Waals surface area contributed by atoms with Crippen molar-refractivity contribution in [2.75, 3.05) is 20.0 Å². The summed E-state index contributed by atoms with van der Waals surface area (Å²) in [4.78, 5) is 15.4. The van der Waals surface area contributed by atoms with Crippen LogP contribution in [0.5, 0.6) is 5.75 Å². The molecule has 0 saturated heterocycles. The van der Waals surface area contributed by atoms with Gasteiger partial charge in [0.15, 0.2) is 5.69 Å². The van der Waals surface area contributed by atoms with Crippen molar-refractivity contribution in [1.82, 2.24) is 9.55 Å². The monoisotopic (exact) mass is 261 g/mol. The average molecular weight is 261 g/mol. The summed E-state index contributed by atoms with van der Waals surface area (Å²) in [6.45, 7) is 1.93. The molecule has 2 N–H and O–H groups in total. The number of ether oxygens (including phenoxy) is 2. The molecule has 0 atom stereocenters. The van der Waals surface area contributed by atoms with Crippen molar-refractivity contribution < 1.29 is 14.3 Å². The van der Waals surface area contributed by atoms with Crippen LogP contribution in [0.4, 0.5) is 5.82 Å². The van der Waals surface area contributed by atoms with Crippen molar-refractivity contribution in [3.63, 3.8) is 0 Å². The number of hydrogen-bond acceptors (Lipinski definition) is 5. The Morgan fingerprint density at radius 1 is 1.37 bits per heavy atom. The van der Waals surface area contributed by atoms with Crippen LogP contribution >= 0.6 is 0 Å². The lowest BCUT2D eigenvalue weighted by Crippen LogP contribution is -2.08. The zero-order valence-corrected chi connectivity index (χ0v) is 11.0. The average Bonchev–Trinajstić information content (AvgIpc) is 2.79. The van der Waals surface area contributed by atoms with Crippen LogP contribution in [0.15, 0.2) is 24.5 Å². The summed E-state index contributed by atoms with van der Waals surface area (Å²) in [6.07, 6.45) is 1.50. The van der Waals surface area contributed by atoms with Crippen molar-refractivity contribution >= 4 is 11.8 Å². The van der Waals surface area contributed by atoms with Crippen LogP contribution in [0.25, 0.3) is 5.69 Å². The minimum absolute atomic E-state index is 0.109. The van der Waals surface area contributed by atoms with E-state index in [9.17, 15) is 4.79 Å². The van der Waals surface area contributed by atoms with Crippen LogP contribution in [0.1, 0.15) is 16.1 Å². The van der Waals surface area contributed by atoms with Crippen molar-refractivity contribution in [3.8, 4) is 11.4 Å². The number of nitrogens with zero attached hydrogens (tertiary/aromatic N) is 2. The molecular weight excluding hydrogens is 246 g/mol. The number of nitrogens with two attached hydrogens (primary N) is 1. The highest BCUT2D eigenvalue weighted by Gasteiger charge is 2.17. The lowest BCUT2D eigenvalue weighted by Gasteiger charge is -2.10. The third-order valence-corrected chi connectivity index (χ3v) is 2.85. The second kappa shape index (κ2) is 5.01. The van der Waals surface area contributed by atoms with E-state index in [1.807, 2.05) is 25.1 Å². The SMILES string of the molecule is COC(=O)c1ncn(-c2ccc(OC)cc2C)c1N. The number of esters is 1. The molecule has 0 aliphatic rings. The molecule has 1 aromatic heterocycles. The van der Waals surface area contributed by atoms with Crippen molar-refractivity contribution in [3.05, 3.63) is 35.8 Å². The third-order valence-electron chi connectivity index (χ3n) is 2.85. The minimum Gasteiger partial charge on any atom is -0.497 e. The molecular formula is C13H15N3O3. The Morgan fingerprint density at radius 2 is 2.11 bits per heavy atom. The Balaban J connectivity index is 2.48. The first-order valence-electron chi connectivity index (χ1n) is 5.64. The highest BCUT2D eigenvalue weighted by atomic mass is 16.5. The van der Waals surface area contributed by atoms with Gasteiger partial charge in [-0.05, 0) is 30.7 Å². The predicted octanol–water partition coefficient (Wildman–Crippen LogP) is 1.56. The lowest BCUT2D eigenvalue weighted by atomic mass is 10.2. The highest BCUT2D eigenvalue weighted by Crippen LogP contribution is 2.24. The number of aryl methyl sites for hydroxylation is 1. The zero-order chi connectivity index (χ0) is 14.0. The van der Waals surface area contributed by atoms with Gasteiger partial charge in [-0.25, -0.2) is 9.78 Å². The Kier molecular flexibility index (Phi) is 3.41. The summed E-state index contributed by atoms with van der Waals surface area (Å²) >= 11 is 0. The molecule has 6 heteroatoms. The van der Waals surface area contributed by atoms with Crippen LogP contribution in [0, 0.1) is 6.92 Å². The van der Waals surface area contributed by atoms with Crippen LogP contribution in [-0.4, -0.2) is 29.7 Å². The molecule has 0 unspecified atom stereocenters. The van der Waals surface area contributed by atoms with E-state index >= 15 is 0 Å². The maximum Gasteiger partial charge on any atom is 0.360 e. The van der Waals surface area contributed by atoms with E-state index in [-0.39, 0.29) is 11.5 Å². The van der Waals surface area contributed by atoms with Gasteiger partial charge in [-0.3, -0.25) is 4.57 Å². The van der Waals surface area contributed by atoms with Gasteiger partial charge in [0.25, 0.3) is 0 Å². The first kappa shape index (κ1) is 12.9. The zero-order valence-electron chi connectivity index (χ0n) is 11.0. The van der Waals surface area contributed by atoms with Crippen molar-refractivity contribution in [2.45, 2.75) is 6.92 Å². The second-order valence-electron chi connectivity index (χ2n) is 3.99. The van der Waals surface area contributed by atoms with Gasteiger partial charge in [-0.2, -0.15) is 0 Å². The summed E-state index contributed by atoms with van der Waals surface area (Å²) in [5, 5.41) is 0. The number of carbonyl (C=O) groups is 1. The molecule has 0 aliphatic carbocycles. The number of aromatic nitrogens is 2. The van der Waals surface area contributed by atoms with Crippen molar-refractivity contribution in [1.29, 1.82) is 0 Å². The molecule has 0 aliphatic heterocycles. The molecule has 100 valence electrons. The Bertz CT molecular complexity index is 620. The maximum atomic E-state index is 11.5. The molecule has 1 heterocycles. The molecule has 19 heavy (non-hydrogen) atoms. The Hall–Kier alpha value is -2.50. The van der Waals surface area contributed by atoms with Crippen molar-refractivity contribution in [2.24, 2.45) is 0 Å². The third kappa shape index (κ3) is 2.24. The smallest absolute Gasteiger partial charge is 0.360 e. The summed E-state index contributed by atoms with van der Waals surface area (Å²) in [7, 11) is 2.90. The molecule has 0 amide bonds. The Morgan fingerprint density at radius 3 is 2.68 bits per heavy atom. The number of carbonyl (C=O) groups excluding carboxylic acids is 1. The fraction of sp³-hybridized carbons (Fsp3) is 0.231. The number of anilines is 1. The second-order valence-corrected chi connectivity index (χ2v) is 3.99. The number of imidazole rings is 1. The Labute approximate surface area is 110 Å². The van der Waals surface area contributed by atoms with E-state index in [2.05, 4.69) is 9.72 Å². The molecule has 0 fully saturated rings. The molecule has 6 nitrogen and oxygen atoms in total. The van der Waals surface area contributed by atoms with Gasteiger partial charge >= 0.3 is 5.97 Å². The normalized spacial score (nSPS) is 10.3. The number of rotatable bonds is 3. The van der Waals surface area contributed by atoms with Gasteiger partial charge in [0, 0.05) is 0 Å². The molecule has 2 aromatic rings. The first-order chi connectivity index (χ1) is 9.08.